The molecule has 6 heteroatoms. The zero-order chi connectivity index (χ0) is 14.4. The van der Waals surface area contributed by atoms with Gasteiger partial charge in [0, 0.05) is 32.0 Å². The van der Waals surface area contributed by atoms with Gasteiger partial charge < -0.3 is 10.2 Å². The van der Waals surface area contributed by atoms with E-state index in [9.17, 15) is 0 Å². The van der Waals surface area contributed by atoms with Crippen LogP contribution < -0.4 is 10.2 Å². The van der Waals surface area contributed by atoms with Crippen molar-refractivity contribution in [2.24, 2.45) is 0 Å². The quantitative estimate of drug-likeness (QED) is 0.864. The zero-order valence-electron chi connectivity index (χ0n) is 12.1. The van der Waals surface area contributed by atoms with Gasteiger partial charge in [-0.2, -0.15) is 10.1 Å². The predicted molar refractivity (Wildman–Crippen MR) is 79.8 cm³/mol. The molecule has 0 aliphatic carbocycles. The van der Waals surface area contributed by atoms with Crippen LogP contribution in [0.1, 0.15) is 19.4 Å². The van der Waals surface area contributed by atoms with Crippen molar-refractivity contribution in [3.05, 3.63) is 36.3 Å². The van der Waals surface area contributed by atoms with E-state index in [4.69, 9.17) is 0 Å². The lowest BCUT2D eigenvalue weighted by molar-refractivity contribution is 0.803. The number of anilines is 2. The van der Waals surface area contributed by atoms with Gasteiger partial charge in [0.15, 0.2) is 5.82 Å². The van der Waals surface area contributed by atoms with Crippen LogP contribution in [0.15, 0.2) is 30.7 Å². The summed E-state index contributed by atoms with van der Waals surface area (Å²) in [5.74, 6) is 1.38. The Labute approximate surface area is 119 Å². The van der Waals surface area contributed by atoms with E-state index in [1.807, 2.05) is 24.1 Å². The van der Waals surface area contributed by atoms with Crippen molar-refractivity contribution in [3.8, 4) is 0 Å². The molecule has 0 amide bonds. The van der Waals surface area contributed by atoms with E-state index < -0.39 is 0 Å². The van der Waals surface area contributed by atoms with Crippen molar-refractivity contribution in [2.75, 3.05) is 23.8 Å². The Balaban J connectivity index is 1.96. The Kier molecular flexibility index (Phi) is 4.81. The van der Waals surface area contributed by atoms with Gasteiger partial charge in [-0.15, -0.1) is 5.10 Å². The molecular weight excluding hydrogens is 252 g/mol. The molecule has 0 atom stereocenters. The Bertz CT molecular complexity index is 528. The molecule has 0 unspecified atom stereocenters. The maximum absolute atomic E-state index is 4.45. The van der Waals surface area contributed by atoms with Crippen LogP contribution in [0.2, 0.25) is 0 Å². The highest BCUT2D eigenvalue weighted by atomic mass is 15.3. The molecule has 6 nitrogen and oxygen atoms in total. The number of nitrogens with zero attached hydrogens (tertiary/aromatic N) is 5. The van der Waals surface area contributed by atoms with Crippen LogP contribution in [0.5, 0.6) is 0 Å². The minimum Gasteiger partial charge on any atom is -0.366 e. The van der Waals surface area contributed by atoms with E-state index in [0.29, 0.717) is 12.0 Å². The lowest BCUT2D eigenvalue weighted by atomic mass is 10.2. The van der Waals surface area contributed by atoms with Crippen LogP contribution in [-0.4, -0.2) is 39.8 Å². The number of rotatable bonds is 6. The number of aromatic nitrogens is 4. The summed E-state index contributed by atoms with van der Waals surface area (Å²) in [7, 11) is 1.97. The summed E-state index contributed by atoms with van der Waals surface area (Å²) in [6.07, 6.45) is 6.17. The van der Waals surface area contributed by atoms with Crippen molar-refractivity contribution in [2.45, 2.75) is 26.3 Å². The third-order valence-corrected chi connectivity index (χ3v) is 2.81. The summed E-state index contributed by atoms with van der Waals surface area (Å²) in [6, 6.07) is 4.36. The summed E-state index contributed by atoms with van der Waals surface area (Å²) in [5, 5.41) is 11.3. The zero-order valence-corrected chi connectivity index (χ0v) is 12.1. The van der Waals surface area contributed by atoms with E-state index in [2.05, 4.69) is 39.3 Å². The Hall–Kier alpha value is -2.24. The highest BCUT2D eigenvalue weighted by molar-refractivity contribution is 5.38. The van der Waals surface area contributed by atoms with E-state index in [-0.39, 0.29) is 0 Å². The van der Waals surface area contributed by atoms with Crippen LogP contribution in [0.3, 0.4) is 0 Å². The largest absolute Gasteiger partial charge is 0.366 e. The van der Waals surface area contributed by atoms with Gasteiger partial charge in [-0.25, -0.2) is 0 Å². The van der Waals surface area contributed by atoms with Crippen molar-refractivity contribution in [1.29, 1.82) is 0 Å². The van der Waals surface area contributed by atoms with Gasteiger partial charge in [0.05, 0.1) is 6.20 Å². The van der Waals surface area contributed by atoms with E-state index in [0.717, 1.165) is 18.8 Å². The first kappa shape index (κ1) is 14.2. The SMILES string of the molecule is CC(C)Nc1cnnc(N(C)CCc2ccncc2)n1. The minimum atomic E-state index is 0.321. The first-order valence-electron chi connectivity index (χ1n) is 6.71. The van der Waals surface area contributed by atoms with Crippen molar-refractivity contribution >= 4 is 11.8 Å². The van der Waals surface area contributed by atoms with Gasteiger partial charge in [-0.3, -0.25) is 4.98 Å². The Morgan fingerprint density at radius 1 is 1.25 bits per heavy atom. The fourth-order valence-electron chi connectivity index (χ4n) is 1.77. The smallest absolute Gasteiger partial charge is 0.247 e. The molecule has 0 fully saturated rings. The standard InChI is InChI=1S/C14H20N6/c1-11(2)17-13-10-16-19-14(18-13)20(3)9-6-12-4-7-15-8-5-12/h4-5,7-8,10-11H,6,9H2,1-3H3,(H,17,18,19). The number of likely N-dealkylation sites (N-methyl/N-ethyl adjacent to an activating group) is 1. The van der Waals surface area contributed by atoms with E-state index in [1.54, 1.807) is 18.6 Å². The van der Waals surface area contributed by atoms with Crippen LogP contribution in [0.4, 0.5) is 11.8 Å². The van der Waals surface area contributed by atoms with Crippen LogP contribution in [0, 0.1) is 0 Å². The lowest BCUT2D eigenvalue weighted by Crippen LogP contribution is -2.24. The highest BCUT2D eigenvalue weighted by Gasteiger charge is 2.07. The molecule has 2 aromatic heterocycles. The molecule has 0 saturated carbocycles. The number of hydrogen-bond acceptors (Lipinski definition) is 6. The molecular formula is C14H20N6. The van der Waals surface area contributed by atoms with Gasteiger partial charge in [-0.1, -0.05) is 0 Å². The Morgan fingerprint density at radius 3 is 2.70 bits per heavy atom. The number of hydrogen-bond donors (Lipinski definition) is 1. The van der Waals surface area contributed by atoms with Crippen molar-refractivity contribution < 1.29 is 0 Å². The molecule has 2 aromatic rings. The minimum absolute atomic E-state index is 0.321. The summed E-state index contributed by atoms with van der Waals surface area (Å²) < 4.78 is 0. The van der Waals surface area contributed by atoms with Gasteiger partial charge in [0.25, 0.3) is 0 Å². The van der Waals surface area contributed by atoms with E-state index in [1.165, 1.54) is 5.56 Å². The number of pyridine rings is 1. The topological polar surface area (TPSA) is 66.8 Å². The molecule has 20 heavy (non-hydrogen) atoms. The second kappa shape index (κ2) is 6.79. The highest BCUT2D eigenvalue weighted by Crippen LogP contribution is 2.09. The summed E-state index contributed by atoms with van der Waals surface area (Å²) in [4.78, 5) is 10.5. The second-order valence-electron chi connectivity index (χ2n) is 4.97. The molecule has 106 valence electrons. The molecule has 0 aliphatic heterocycles. The third kappa shape index (κ3) is 4.15. The maximum atomic E-state index is 4.45. The number of nitrogens with one attached hydrogen (secondary N) is 1. The molecule has 0 saturated heterocycles. The third-order valence-electron chi connectivity index (χ3n) is 2.81. The van der Waals surface area contributed by atoms with Gasteiger partial charge in [0.2, 0.25) is 5.95 Å². The molecule has 0 aromatic carbocycles. The normalized spacial score (nSPS) is 10.6. The molecule has 1 N–H and O–H groups in total. The van der Waals surface area contributed by atoms with Crippen LogP contribution >= 0.6 is 0 Å². The van der Waals surface area contributed by atoms with Gasteiger partial charge in [-0.05, 0) is 38.0 Å². The predicted octanol–water partition coefficient (Wildman–Crippen LogP) is 1.77. The molecule has 0 bridgehead atoms. The molecule has 2 heterocycles. The summed E-state index contributed by atoms with van der Waals surface area (Å²) in [6.45, 7) is 4.96. The molecule has 2 rings (SSSR count). The molecule has 0 radical (unpaired) electrons. The average molecular weight is 272 g/mol. The van der Waals surface area contributed by atoms with Crippen LogP contribution in [-0.2, 0) is 6.42 Å². The first-order valence-corrected chi connectivity index (χ1v) is 6.71. The van der Waals surface area contributed by atoms with Crippen LogP contribution in [0.25, 0.3) is 0 Å². The van der Waals surface area contributed by atoms with E-state index >= 15 is 0 Å². The molecule has 0 spiro atoms. The monoisotopic (exact) mass is 272 g/mol. The molecule has 0 aliphatic rings. The average Bonchev–Trinajstić information content (AvgIpc) is 2.45. The second-order valence-corrected chi connectivity index (χ2v) is 4.97. The fourth-order valence-corrected chi connectivity index (χ4v) is 1.77. The fraction of sp³-hybridized carbons (Fsp3) is 0.429. The summed E-state index contributed by atoms with van der Waals surface area (Å²) in [5.41, 5.74) is 1.25. The maximum Gasteiger partial charge on any atom is 0.247 e. The lowest BCUT2D eigenvalue weighted by Gasteiger charge is -2.17. The van der Waals surface area contributed by atoms with Gasteiger partial charge in [0.1, 0.15) is 0 Å². The summed E-state index contributed by atoms with van der Waals surface area (Å²) >= 11 is 0. The van der Waals surface area contributed by atoms with Gasteiger partial charge >= 0.3 is 0 Å². The Morgan fingerprint density at radius 2 is 2.00 bits per heavy atom. The first-order chi connectivity index (χ1) is 9.65. The van der Waals surface area contributed by atoms with Crippen molar-refractivity contribution in [1.82, 2.24) is 20.2 Å². The van der Waals surface area contributed by atoms with Crippen molar-refractivity contribution in [3.63, 3.8) is 0 Å².